The Hall–Kier alpha value is -3.73. The molecule has 5 heteroatoms. The Balaban J connectivity index is 1.45. The molecule has 0 atom stereocenters. The number of anilines is 1. The van der Waals surface area contributed by atoms with Crippen LogP contribution in [0.1, 0.15) is 50.2 Å². The lowest BCUT2D eigenvalue weighted by Crippen LogP contribution is -2.25. The Morgan fingerprint density at radius 1 is 0.903 bits per heavy atom. The van der Waals surface area contributed by atoms with E-state index in [2.05, 4.69) is 5.32 Å². The van der Waals surface area contributed by atoms with Gasteiger partial charge in [0.1, 0.15) is 0 Å². The average Bonchev–Trinajstić information content (AvgIpc) is 3.23. The number of rotatable bonds is 6. The van der Waals surface area contributed by atoms with Crippen molar-refractivity contribution >= 4 is 23.3 Å². The van der Waals surface area contributed by atoms with Crippen LogP contribution in [0.2, 0.25) is 0 Å². The first kappa shape index (κ1) is 20.5. The second-order valence-corrected chi connectivity index (χ2v) is 7.74. The molecule has 1 aliphatic rings. The molecule has 4 rings (SSSR count). The molecule has 156 valence electrons. The molecule has 1 fully saturated rings. The maximum Gasteiger partial charge on any atom is 0.252 e. The van der Waals surface area contributed by atoms with Crippen LogP contribution in [0.3, 0.4) is 0 Å². The van der Waals surface area contributed by atoms with Crippen LogP contribution in [-0.2, 0) is 11.3 Å². The van der Waals surface area contributed by atoms with Gasteiger partial charge in [0.15, 0.2) is 5.78 Å². The van der Waals surface area contributed by atoms with Crippen LogP contribution < -0.4 is 10.2 Å². The average molecular weight is 412 g/mol. The number of hydrogen-bond acceptors (Lipinski definition) is 3. The van der Waals surface area contributed by atoms with Gasteiger partial charge < -0.3 is 10.2 Å². The summed E-state index contributed by atoms with van der Waals surface area (Å²) in [6.45, 7) is 3.05. The highest BCUT2D eigenvalue weighted by atomic mass is 16.2. The second-order valence-electron chi connectivity index (χ2n) is 7.74. The number of carbonyl (C=O) groups is 3. The molecule has 0 saturated carbocycles. The summed E-state index contributed by atoms with van der Waals surface area (Å²) in [7, 11) is 0. The zero-order chi connectivity index (χ0) is 21.8. The fraction of sp³-hybridized carbons (Fsp3) is 0.192. The molecule has 0 radical (unpaired) electrons. The van der Waals surface area contributed by atoms with Gasteiger partial charge in [-0.05, 0) is 37.1 Å². The largest absolute Gasteiger partial charge is 0.348 e. The fourth-order valence-electron chi connectivity index (χ4n) is 3.73. The van der Waals surface area contributed by atoms with Crippen molar-refractivity contribution in [3.05, 3.63) is 101 Å². The molecule has 0 aliphatic carbocycles. The van der Waals surface area contributed by atoms with Crippen molar-refractivity contribution < 1.29 is 14.4 Å². The Labute approximate surface area is 181 Å². The molecular weight excluding hydrogens is 388 g/mol. The van der Waals surface area contributed by atoms with E-state index >= 15 is 0 Å². The van der Waals surface area contributed by atoms with Crippen molar-refractivity contribution in [1.82, 2.24) is 5.32 Å². The molecule has 3 aromatic carbocycles. The van der Waals surface area contributed by atoms with Crippen LogP contribution in [0.4, 0.5) is 5.69 Å². The van der Waals surface area contributed by atoms with Crippen LogP contribution in [0.25, 0.3) is 0 Å². The summed E-state index contributed by atoms with van der Waals surface area (Å²) in [5.41, 5.74) is 4.16. The van der Waals surface area contributed by atoms with Gasteiger partial charge in [-0.1, -0.05) is 60.2 Å². The first-order valence-electron chi connectivity index (χ1n) is 10.4. The summed E-state index contributed by atoms with van der Waals surface area (Å²) in [4.78, 5) is 39.4. The normalized spacial score (nSPS) is 13.3. The molecule has 1 aliphatic heterocycles. The van der Waals surface area contributed by atoms with Gasteiger partial charge in [-0.2, -0.15) is 0 Å². The minimum atomic E-state index is -0.296. The Morgan fingerprint density at radius 2 is 1.58 bits per heavy atom. The number of nitrogens with zero attached hydrogens (tertiary/aromatic N) is 1. The molecule has 31 heavy (non-hydrogen) atoms. The number of carbonyl (C=O) groups excluding carboxylic acids is 3. The highest BCUT2D eigenvalue weighted by molar-refractivity contribution is 6.15. The first-order valence-corrected chi connectivity index (χ1v) is 10.4. The minimum Gasteiger partial charge on any atom is -0.348 e. The molecule has 0 unspecified atom stereocenters. The van der Waals surface area contributed by atoms with Gasteiger partial charge in [-0.15, -0.1) is 0 Å². The molecule has 5 nitrogen and oxygen atoms in total. The van der Waals surface area contributed by atoms with E-state index < -0.39 is 0 Å². The predicted octanol–water partition coefficient (Wildman–Crippen LogP) is 4.28. The van der Waals surface area contributed by atoms with E-state index in [1.807, 2.05) is 43.3 Å². The van der Waals surface area contributed by atoms with Gasteiger partial charge in [0, 0.05) is 36.3 Å². The van der Waals surface area contributed by atoms with Gasteiger partial charge in [-0.25, -0.2) is 0 Å². The number of benzene rings is 3. The number of ketones is 1. The van der Waals surface area contributed by atoms with E-state index in [1.165, 1.54) is 0 Å². The molecule has 1 N–H and O–H groups in total. The fourth-order valence-corrected chi connectivity index (χ4v) is 3.73. The molecular formula is C26H24N2O3. The van der Waals surface area contributed by atoms with Crippen molar-refractivity contribution in [1.29, 1.82) is 0 Å². The van der Waals surface area contributed by atoms with Crippen LogP contribution in [0, 0.1) is 6.92 Å². The summed E-state index contributed by atoms with van der Waals surface area (Å²) in [5.74, 6) is -0.323. The Morgan fingerprint density at radius 3 is 2.23 bits per heavy atom. The Kier molecular flexibility index (Phi) is 5.94. The maximum absolute atomic E-state index is 12.9. The van der Waals surface area contributed by atoms with Crippen LogP contribution in [0.5, 0.6) is 0 Å². The number of hydrogen-bond donors (Lipinski definition) is 1. The standard InChI is InChI=1S/C26H24N2O3/c1-18-8-12-20(13-9-18)25(30)22-5-2-3-6-23(22)26(31)27-17-19-10-14-21(15-11-19)28-16-4-7-24(28)29/h2-3,5-6,8-15H,4,7,16-17H2,1H3,(H,27,31). The predicted molar refractivity (Wildman–Crippen MR) is 120 cm³/mol. The summed E-state index contributed by atoms with van der Waals surface area (Å²) in [6, 6.07) is 21.8. The molecule has 2 amide bonds. The highest BCUT2D eigenvalue weighted by Gasteiger charge is 2.21. The molecule has 3 aromatic rings. The van der Waals surface area contributed by atoms with Gasteiger partial charge in [-0.3, -0.25) is 14.4 Å². The lowest BCUT2D eigenvalue weighted by Gasteiger charge is -2.16. The summed E-state index contributed by atoms with van der Waals surface area (Å²) >= 11 is 0. The molecule has 0 spiro atoms. The topological polar surface area (TPSA) is 66.5 Å². The quantitative estimate of drug-likeness (QED) is 0.615. The van der Waals surface area contributed by atoms with Gasteiger partial charge in [0.2, 0.25) is 5.91 Å². The lowest BCUT2D eigenvalue weighted by atomic mass is 9.97. The van der Waals surface area contributed by atoms with Crippen molar-refractivity contribution in [2.45, 2.75) is 26.3 Å². The van der Waals surface area contributed by atoms with Gasteiger partial charge >= 0.3 is 0 Å². The van der Waals surface area contributed by atoms with Crippen LogP contribution in [0.15, 0.2) is 72.8 Å². The SMILES string of the molecule is Cc1ccc(C(=O)c2ccccc2C(=O)NCc2ccc(N3CCCC3=O)cc2)cc1. The van der Waals surface area contributed by atoms with Crippen LogP contribution in [-0.4, -0.2) is 24.1 Å². The van der Waals surface area contributed by atoms with E-state index in [0.29, 0.717) is 29.7 Å². The lowest BCUT2D eigenvalue weighted by molar-refractivity contribution is -0.117. The van der Waals surface area contributed by atoms with Crippen molar-refractivity contribution in [3.8, 4) is 0 Å². The van der Waals surface area contributed by atoms with Crippen molar-refractivity contribution in [2.75, 3.05) is 11.4 Å². The number of amides is 2. The van der Waals surface area contributed by atoms with E-state index in [-0.39, 0.29) is 17.6 Å². The summed E-state index contributed by atoms with van der Waals surface area (Å²) in [6.07, 6.45) is 1.48. The number of aryl methyl sites for hydroxylation is 1. The van der Waals surface area contributed by atoms with Crippen molar-refractivity contribution in [2.24, 2.45) is 0 Å². The van der Waals surface area contributed by atoms with Crippen molar-refractivity contribution in [3.63, 3.8) is 0 Å². The third kappa shape index (κ3) is 4.56. The number of nitrogens with one attached hydrogen (secondary N) is 1. The smallest absolute Gasteiger partial charge is 0.252 e. The molecule has 0 aromatic heterocycles. The van der Waals surface area contributed by atoms with Gasteiger partial charge in [0.25, 0.3) is 5.91 Å². The molecule has 0 bridgehead atoms. The van der Waals surface area contributed by atoms with Crippen LogP contribution >= 0.6 is 0 Å². The second kappa shape index (κ2) is 8.96. The molecule has 1 heterocycles. The first-order chi connectivity index (χ1) is 15.0. The van der Waals surface area contributed by atoms with Gasteiger partial charge in [0.05, 0.1) is 5.56 Å². The zero-order valence-corrected chi connectivity index (χ0v) is 17.4. The third-order valence-corrected chi connectivity index (χ3v) is 5.50. The van der Waals surface area contributed by atoms with E-state index in [0.717, 1.165) is 29.8 Å². The highest BCUT2D eigenvalue weighted by Crippen LogP contribution is 2.22. The van der Waals surface area contributed by atoms with E-state index in [9.17, 15) is 14.4 Å². The zero-order valence-electron chi connectivity index (χ0n) is 17.4. The third-order valence-electron chi connectivity index (χ3n) is 5.50. The minimum absolute atomic E-state index is 0.149. The molecule has 1 saturated heterocycles. The van der Waals surface area contributed by atoms with E-state index in [1.54, 1.807) is 41.3 Å². The van der Waals surface area contributed by atoms with E-state index in [4.69, 9.17) is 0 Å². The Bertz CT molecular complexity index is 1120. The summed E-state index contributed by atoms with van der Waals surface area (Å²) < 4.78 is 0. The maximum atomic E-state index is 12.9. The summed E-state index contributed by atoms with van der Waals surface area (Å²) in [5, 5.41) is 2.90. The monoisotopic (exact) mass is 412 g/mol.